The van der Waals surface area contributed by atoms with Crippen LogP contribution in [0.3, 0.4) is 0 Å². The van der Waals surface area contributed by atoms with Gasteiger partial charge in [0.05, 0.1) is 27.6 Å². The van der Waals surface area contributed by atoms with Crippen molar-refractivity contribution < 1.29 is 0 Å². The minimum atomic E-state index is 0.553. The molecule has 0 atom stereocenters. The van der Waals surface area contributed by atoms with Crippen LogP contribution in [0.15, 0.2) is 194 Å². The molecule has 58 heavy (non-hydrogen) atoms. The third-order valence-electron chi connectivity index (χ3n) is 11.4. The van der Waals surface area contributed by atoms with Gasteiger partial charge in [-0.3, -0.25) is 8.97 Å². The zero-order valence-electron chi connectivity index (χ0n) is 31.2. The number of para-hydroxylation sites is 3. The molecule has 0 aliphatic carbocycles. The van der Waals surface area contributed by atoms with Gasteiger partial charge in [-0.1, -0.05) is 170 Å². The Morgan fingerprint density at radius 3 is 1.45 bits per heavy atom. The summed E-state index contributed by atoms with van der Waals surface area (Å²) in [4.78, 5) is 21.0. The van der Waals surface area contributed by atoms with Crippen molar-refractivity contribution >= 4 is 60.2 Å². The first kappa shape index (κ1) is 32.3. The molecular weight excluding hydrogens is 709 g/mol. The van der Waals surface area contributed by atoms with Crippen molar-refractivity contribution in [3.8, 4) is 51.0 Å². The van der Waals surface area contributed by atoms with Crippen LogP contribution in [0.2, 0.25) is 0 Å². The van der Waals surface area contributed by atoms with Gasteiger partial charge in [-0.2, -0.15) is 9.97 Å². The third-order valence-corrected chi connectivity index (χ3v) is 11.4. The lowest BCUT2D eigenvalue weighted by molar-refractivity contribution is 0.955. The summed E-state index contributed by atoms with van der Waals surface area (Å²) in [5.74, 6) is 1.76. The van der Waals surface area contributed by atoms with Crippen molar-refractivity contribution in [3.63, 3.8) is 0 Å². The molecule has 0 fully saturated rings. The first-order chi connectivity index (χ1) is 28.8. The Morgan fingerprint density at radius 2 is 0.810 bits per heavy atom. The predicted molar refractivity (Wildman–Crippen MR) is 237 cm³/mol. The lowest BCUT2D eigenvalue weighted by Gasteiger charge is -2.14. The summed E-state index contributed by atoms with van der Waals surface area (Å²) >= 11 is 0. The molecular formula is C52H32N6. The van der Waals surface area contributed by atoms with Gasteiger partial charge in [0.15, 0.2) is 11.6 Å². The molecule has 270 valence electrons. The van der Waals surface area contributed by atoms with Gasteiger partial charge >= 0.3 is 0 Å². The Kier molecular flexibility index (Phi) is 7.13. The summed E-state index contributed by atoms with van der Waals surface area (Å²) in [7, 11) is 0. The van der Waals surface area contributed by atoms with Gasteiger partial charge in [-0.25, -0.2) is 9.97 Å². The number of hydrogen-bond acceptors (Lipinski definition) is 4. The molecule has 0 bridgehead atoms. The molecule has 4 aromatic heterocycles. The van der Waals surface area contributed by atoms with E-state index in [1.165, 1.54) is 0 Å². The van der Waals surface area contributed by atoms with Crippen LogP contribution in [0.1, 0.15) is 0 Å². The van der Waals surface area contributed by atoms with Crippen LogP contribution in [0.5, 0.6) is 0 Å². The lowest BCUT2D eigenvalue weighted by Crippen LogP contribution is -2.07. The minimum absolute atomic E-state index is 0.553. The van der Waals surface area contributed by atoms with E-state index >= 15 is 0 Å². The lowest BCUT2D eigenvalue weighted by atomic mass is 10.0. The van der Waals surface area contributed by atoms with Crippen LogP contribution >= 0.6 is 0 Å². The second-order valence-corrected chi connectivity index (χ2v) is 14.7. The fraction of sp³-hybridized carbons (Fsp3) is 0. The molecule has 0 unspecified atom stereocenters. The van der Waals surface area contributed by atoms with Crippen molar-refractivity contribution in [2.24, 2.45) is 0 Å². The molecule has 12 rings (SSSR count). The van der Waals surface area contributed by atoms with Gasteiger partial charge in [0.1, 0.15) is 5.65 Å². The first-order valence-corrected chi connectivity index (χ1v) is 19.5. The topological polar surface area (TPSA) is 60.9 Å². The average molecular weight is 741 g/mol. The van der Waals surface area contributed by atoms with Crippen molar-refractivity contribution in [2.75, 3.05) is 0 Å². The Bertz CT molecular complexity index is 3430. The minimum Gasteiger partial charge on any atom is -0.292 e. The van der Waals surface area contributed by atoms with E-state index in [2.05, 4.69) is 191 Å². The number of benzene rings is 8. The molecule has 12 aromatic rings. The Balaban J connectivity index is 1.16. The number of fused-ring (bicyclic) bond motifs is 12. The molecule has 6 heteroatoms. The maximum atomic E-state index is 5.35. The normalized spacial score (nSPS) is 11.8. The monoisotopic (exact) mass is 740 g/mol. The van der Waals surface area contributed by atoms with Gasteiger partial charge in [-0.15, -0.1) is 0 Å². The highest BCUT2D eigenvalue weighted by atomic mass is 15.2. The maximum Gasteiger partial charge on any atom is 0.238 e. The van der Waals surface area contributed by atoms with E-state index < -0.39 is 0 Å². The molecule has 0 spiro atoms. The number of pyridine rings is 1. The molecule has 0 N–H and O–H groups in total. The van der Waals surface area contributed by atoms with Crippen molar-refractivity contribution in [1.29, 1.82) is 0 Å². The fourth-order valence-electron chi connectivity index (χ4n) is 8.66. The van der Waals surface area contributed by atoms with Crippen LogP contribution in [0.4, 0.5) is 0 Å². The molecule has 8 aromatic carbocycles. The van der Waals surface area contributed by atoms with Gasteiger partial charge in [0, 0.05) is 32.7 Å². The zero-order valence-corrected chi connectivity index (χ0v) is 31.2. The van der Waals surface area contributed by atoms with Gasteiger partial charge < -0.3 is 0 Å². The van der Waals surface area contributed by atoms with E-state index in [9.17, 15) is 0 Å². The Hall–Kier alpha value is -7.96. The molecule has 0 saturated carbocycles. The number of hydrogen-bond donors (Lipinski definition) is 0. The second kappa shape index (κ2) is 12.8. The van der Waals surface area contributed by atoms with E-state index in [0.717, 1.165) is 93.5 Å². The van der Waals surface area contributed by atoms with E-state index in [-0.39, 0.29) is 0 Å². The van der Waals surface area contributed by atoms with E-state index in [1.54, 1.807) is 0 Å². The van der Waals surface area contributed by atoms with Gasteiger partial charge in [0.25, 0.3) is 0 Å². The van der Waals surface area contributed by atoms with Crippen molar-refractivity contribution in [1.82, 2.24) is 28.9 Å². The van der Waals surface area contributed by atoms with Crippen LogP contribution in [0, 0.1) is 0 Å². The Labute approximate surface area is 333 Å². The van der Waals surface area contributed by atoms with Crippen molar-refractivity contribution in [2.45, 2.75) is 0 Å². The van der Waals surface area contributed by atoms with E-state index in [4.69, 9.17) is 19.9 Å². The summed E-state index contributed by atoms with van der Waals surface area (Å²) in [6.45, 7) is 0. The second-order valence-electron chi connectivity index (χ2n) is 14.7. The summed E-state index contributed by atoms with van der Waals surface area (Å²) in [5, 5.41) is 5.58. The smallest absolute Gasteiger partial charge is 0.238 e. The van der Waals surface area contributed by atoms with E-state index in [0.29, 0.717) is 17.6 Å². The van der Waals surface area contributed by atoms with Crippen LogP contribution < -0.4 is 0 Å². The number of nitrogens with zero attached hydrogens (tertiary/aromatic N) is 6. The summed E-state index contributed by atoms with van der Waals surface area (Å²) in [6, 6.07) is 67.9. The van der Waals surface area contributed by atoms with Gasteiger partial charge in [0.2, 0.25) is 5.95 Å². The molecule has 4 heterocycles. The van der Waals surface area contributed by atoms with Crippen molar-refractivity contribution in [3.05, 3.63) is 194 Å². The molecule has 6 nitrogen and oxygen atoms in total. The fourth-order valence-corrected chi connectivity index (χ4v) is 8.66. The molecule has 0 amide bonds. The average Bonchev–Trinajstić information content (AvgIpc) is 3.86. The molecule has 0 aliphatic heterocycles. The van der Waals surface area contributed by atoms with Crippen LogP contribution in [-0.2, 0) is 0 Å². The maximum absolute atomic E-state index is 5.35. The Morgan fingerprint density at radius 1 is 0.310 bits per heavy atom. The summed E-state index contributed by atoms with van der Waals surface area (Å²) < 4.78 is 4.55. The number of rotatable bonds is 5. The van der Waals surface area contributed by atoms with Crippen LogP contribution in [0.25, 0.3) is 111 Å². The standard InChI is InChI=1S/C52H32N6/c1-3-13-33(14-4-1)35-23-27-37(28-24-35)49-54-50(38-29-25-36(26-30-38)34-15-5-2-6-16-34)56-52(55-49)58-44-21-11-9-17-39(44)41-31-32-46-47(48(41)58)40-18-7-8-19-42(40)51-53-43-20-10-12-22-45(43)57(46)51/h1-32H. The zero-order chi connectivity index (χ0) is 38.2. The first-order valence-electron chi connectivity index (χ1n) is 19.5. The summed E-state index contributed by atoms with van der Waals surface area (Å²) in [5.41, 5.74) is 12.5. The predicted octanol–water partition coefficient (Wildman–Crippen LogP) is 12.7. The highest BCUT2D eigenvalue weighted by molar-refractivity contribution is 6.27. The largest absolute Gasteiger partial charge is 0.292 e. The molecule has 0 saturated heterocycles. The highest BCUT2D eigenvalue weighted by Crippen LogP contribution is 2.41. The van der Waals surface area contributed by atoms with Crippen LogP contribution in [-0.4, -0.2) is 28.9 Å². The number of imidazole rings is 1. The summed E-state index contributed by atoms with van der Waals surface area (Å²) in [6.07, 6.45) is 0. The molecule has 0 radical (unpaired) electrons. The molecule has 0 aliphatic rings. The van der Waals surface area contributed by atoms with E-state index in [1.807, 2.05) is 12.1 Å². The SMILES string of the molecule is c1ccc(-c2ccc(-c3nc(-c4ccc(-c5ccccc5)cc4)nc(-n4c5ccccc5c5ccc6c(c7ccccc7c7nc8ccccc8n67)c54)n3)cc2)cc1. The van der Waals surface area contributed by atoms with Gasteiger partial charge in [-0.05, 0) is 51.9 Å². The third kappa shape index (κ3) is 4.98. The quantitative estimate of drug-likeness (QED) is 0.165. The number of aromatic nitrogens is 6. The highest BCUT2D eigenvalue weighted by Gasteiger charge is 2.23.